The Labute approximate surface area is 335 Å². The highest BCUT2D eigenvalue weighted by Gasteiger charge is 2.16. The fourth-order valence-corrected chi connectivity index (χ4v) is 8.72. The number of rotatable bonds is 5. The molecule has 3 heteroatoms. The average Bonchev–Trinajstić information content (AvgIpc) is 3.31. The van der Waals surface area contributed by atoms with Crippen LogP contribution in [0.4, 0.5) is 0 Å². The molecule has 268 valence electrons. The normalized spacial score (nSPS) is 11.4. The van der Waals surface area contributed by atoms with Crippen LogP contribution >= 0.6 is 0 Å². The molecule has 0 radical (unpaired) electrons. The topological polar surface area (TPSA) is 49.6 Å². The Morgan fingerprint density at radius 1 is 0.310 bits per heavy atom. The third-order valence-corrected chi connectivity index (χ3v) is 11.5. The maximum absolute atomic E-state index is 10.3. The van der Waals surface area contributed by atoms with E-state index in [1.54, 1.807) is 0 Å². The number of nitriles is 1. The van der Waals surface area contributed by atoms with Gasteiger partial charge in [0, 0.05) is 16.5 Å². The fourth-order valence-electron chi connectivity index (χ4n) is 8.72. The first-order valence-corrected chi connectivity index (χ1v) is 19.5. The first-order chi connectivity index (χ1) is 28.7. The van der Waals surface area contributed by atoms with Gasteiger partial charge in [-0.3, -0.25) is 0 Å². The summed E-state index contributed by atoms with van der Waals surface area (Å²) in [6.07, 6.45) is 0. The predicted octanol–water partition coefficient (Wildman–Crippen LogP) is 14.4. The Morgan fingerprint density at radius 3 is 1.47 bits per heavy atom. The summed E-state index contributed by atoms with van der Waals surface area (Å²) >= 11 is 0. The van der Waals surface area contributed by atoms with Crippen LogP contribution in [0, 0.1) is 11.3 Å². The molecule has 0 unspecified atom stereocenters. The van der Waals surface area contributed by atoms with Gasteiger partial charge in [0.2, 0.25) is 0 Å². The molecular weight excluding hydrogens is 703 g/mol. The van der Waals surface area contributed by atoms with Crippen LogP contribution in [0.5, 0.6) is 0 Å². The highest BCUT2D eigenvalue weighted by molar-refractivity contribution is 6.25. The Morgan fingerprint density at radius 2 is 0.810 bits per heavy atom. The van der Waals surface area contributed by atoms with E-state index in [9.17, 15) is 5.26 Å². The zero-order chi connectivity index (χ0) is 38.6. The van der Waals surface area contributed by atoms with Crippen LogP contribution in [0.2, 0.25) is 0 Å². The van der Waals surface area contributed by atoms with Gasteiger partial charge in [0.25, 0.3) is 0 Å². The minimum atomic E-state index is 0.631. The van der Waals surface area contributed by atoms with Crippen molar-refractivity contribution in [3.63, 3.8) is 0 Å². The molecule has 0 amide bonds. The lowest BCUT2D eigenvalue weighted by atomic mass is 9.89. The van der Waals surface area contributed by atoms with Crippen LogP contribution in [-0.2, 0) is 0 Å². The van der Waals surface area contributed by atoms with Gasteiger partial charge < -0.3 is 0 Å². The van der Waals surface area contributed by atoms with Crippen LogP contribution in [0.3, 0.4) is 0 Å². The average molecular weight is 736 g/mol. The lowest BCUT2D eigenvalue weighted by molar-refractivity contribution is 1.23. The van der Waals surface area contributed by atoms with Gasteiger partial charge in [-0.1, -0.05) is 170 Å². The number of hydrogen-bond donors (Lipinski definition) is 0. The van der Waals surface area contributed by atoms with E-state index < -0.39 is 0 Å². The molecule has 0 N–H and O–H groups in total. The van der Waals surface area contributed by atoms with E-state index in [0.717, 1.165) is 71.9 Å². The SMILES string of the molecule is N#Cc1cc(-c2ccc3c4ccccc4c4ccccc4c3c2)cc(-c2ccc(-c3ccc(-c4nc(-c5ccccc5)c5ccccc5n4)cc3)c3ccccc23)c1. The number of fused-ring (bicyclic) bond motifs is 8. The summed E-state index contributed by atoms with van der Waals surface area (Å²) in [4.78, 5) is 10.1. The van der Waals surface area contributed by atoms with Crippen LogP contribution in [0.15, 0.2) is 200 Å². The van der Waals surface area contributed by atoms with Crippen molar-refractivity contribution in [2.24, 2.45) is 0 Å². The maximum Gasteiger partial charge on any atom is 0.160 e. The first-order valence-electron chi connectivity index (χ1n) is 19.5. The number of hydrogen-bond acceptors (Lipinski definition) is 3. The van der Waals surface area contributed by atoms with E-state index >= 15 is 0 Å². The van der Waals surface area contributed by atoms with Crippen molar-refractivity contribution in [3.05, 3.63) is 206 Å². The van der Waals surface area contributed by atoms with Crippen LogP contribution in [0.25, 0.3) is 110 Å². The van der Waals surface area contributed by atoms with Gasteiger partial charge in [-0.2, -0.15) is 5.26 Å². The van der Waals surface area contributed by atoms with Gasteiger partial charge in [0.05, 0.1) is 22.8 Å². The maximum atomic E-state index is 10.3. The molecule has 3 nitrogen and oxygen atoms in total. The Kier molecular flexibility index (Phi) is 7.88. The van der Waals surface area contributed by atoms with Crippen molar-refractivity contribution in [1.82, 2.24) is 9.97 Å². The molecule has 11 aromatic rings. The van der Waals surface area contributed by atoms with Crippen LogP contribution < -0.4 is 0 Å². The summed E-state index contributed by atoms with van der Waals surface area (Å²) in [6.45, 7) is 0. The Bertz CT molecular complexity index is 3420. The standard InChI is InChI=1S/C55H33N3/c56-34-35-30-40(39-26-27-50-48-18-7-6-16-46(48)47-17-8-9-19-49(47)52(50)33-39)32-41(31-35)43-29-28-42(44-14-4-5-15-45(43)44)36-22-24-38(25-23-36)55-57-53-21-11-10-20-51(53)54(58-55)37-12-2-1-3-13-37/h1-33H. The summed E-state index contributed by atoms with van der Waals surface area (Å²) in [7, 11) is 0. The highest BCUT2D eigenvalue weighted by atomic mass is 14.9. The van der Waals surface area contributed by atoms with Crippen molar-refractivity contribution in [3.8, 4) is 62.1 Å². The summed E-state index contributed by atoms with van der Waals surface area (Å²) in [5, 5.41) is 21.0. The van der Waals surface area contributed by atoms with Crippen molar-refractivity contribution in [1.29, 1.82) is 5.26 Å². The van der Waals surface area contributed by atoms with Gasteiger partial charge in [-0.25, -0.2) is 9.97 Å². The molecule has 0 aliphatic carbocycles. The Balaban J connectivity index is 0.996. The van der Waals surface area contributed by atoms with Gasteiger partial charge >= 0.3 is 0 Å². The Hall–Kier alpha value is -7.93. The van der Waals surface area contributed by atoms with Gasteiger partial charge in [0.15, 0.2) is 5.82 Å². The largest absolute Gasteiger partial charge is 0.228 e. The zero-order valence-electron chi connectivity index (χ0n) is 31.4. The molecule has 0 bridgehead atoms. The molecule has 1 heterocycles. The van der Waals surface area contributed by atoms with Gasteiger partial charge in [-0.15, -0.1) is 0 Å². The number of aromatic nitrogens is 2. The van der Waals surface area contributed by atoms with E-state index in [1.807, 2.05) is 42.5 Å². The van der Waals surface area contributed by atoms with E-state index in [4.69, 9.17) is 9.97 Å². The second-order valence-corrected chi connectivity index (χ2v) is 14.8. The molecular formula is C55H33N3. The van der Waals surface area contributed by atoms with E-state index in [0.29, 0.717) is 11.4 Å². The van der Waals surface area contributed by atoms with Gasteiger partial charge in [-0.05, 0) is 107 Å². The smallest absolute Gasteiger partial charge is 0.160 e. The molecule has 0 saturated heterocycles. The minimum Gasteiger partial charge on any atom is -0.228 e. The molecule has 0 aliphatic rings. The summed E-state index contributed by atoms with van der Waals surface area (Å²) < 4.78 is 0. The molecule has 1 aromatic heterocycles. The predicted molar refractivity (Wildman–Crippen MR) is 241 cm³/mol. The van der Waals surface area contributed by atoms with Crippen molar-refractivity contribution in [2.45, 2.75) is 0 Å². The van der Waals surface area contributed by atoms with Crippen LogP contribution in [0.1, 0.15) is 5.56 Å². The number of para-hydroxylation sites is 1. The molecule has 11 rings (SSSR count). The summed E-state index contributed by atoms with van der Waals surface area (Å²) in [5.41, 5.74) is 11.0. The van der Waals surface area contributed by atoms with E-state index in [2.05, 4.69) is 164 Å². The van der Waals surface area contributed by atoms with Crippen molar-refractivity contribution in [2.75, 3.05) is 0 Å². The molecule has 0 spiro atoms. The third-order valence-electron chi connectivity index (χ3n) is 11.5. The molecule has 10 aromatic carbocycles. The van der Waals surface area contributed by atoms with Crippen molar-refractivity contribution < 1.29 is 0 Å². The quantitative estimate of drug-likeness (QED) is 0.165. The fraction of sp³-hybridized carbons (Fsp3) is 0. The molecule has 0 aliphatic heterocycles. The molecule has 0 fully saturated rings. The van der Waals surface area contributed by atoms with E-state index in [1.165, 1.54) is 32.3 Å². The molecule has 0 atom stereocenters. The zero-order valence-corrected chi connectivity index (χ0v) is 31.4. The summed E-state index contributed by atoms with van der Waals surface area (Å²) in [6, 6.07) is 72.8. The van der Waals surface area contributed by atoms with E-state index in [-0.39, 0.29) is 0 Å². The van der Waals surface area contributed by atoms with Crippen LogP contribution in [-0.4, -0.2) is 9.97 Å². The number of nitrogens with zero attached hydrogens (tertiary/aromatic N) is 3. The minimum absolute atomic E-state index is 0.631. The first kappa shape index (κ1) is 33.4. The molecule has 0 saturated carbocycles. The lowest BCUT2D eigenvalue weighted by Gasteiger charge is -2.15. The second kappa shape index (κ2) is 13.7. The lowest BCUT2D eigenvalue weighted by Crippen LogP contribution is -1.95. The van der Waals surface area contributed by atoms with Gasteiger partial charge in [0.1, 0.15) is 0 Å². The summed E-state index contributed by atoms with van der Waals surface area (Å²) in [5.74, 6) is 0.699. The molecule has 58 heavy (non-hydrogen) atoms. The monoisotopic (exact) mass is 735 g/mol. The third kappa shape index (κ3) is 5.59. The number of benzene rings is 10. The second-order valence-electron chi connectivity index (χ2n) is 14.8. The highest BCUT2D eigenvalue weighted by Crippen LogP contribution is 2.41. The van der Waals surface area contributed by atoms with Crippen molar-refractivity contribution >= 4 is 54.0 Å².